The maximum atomic E-state index is 12.7. The quantitative estimate of drug-likeness (QED) is 0.217. The van der Waals surface area contributed by atoms with Crippen molar-refractivity contribution in [2.24, 2.45) is 0 Å². The molecule has 1 N–H and O–H groups in total. The molecule has 1 unspecified atom stereocenters. The number of hydrogen-bond acceptors (Lipinski definition) is 7. The zero-order chi connectivity index (χ0) is 24.6. The molecule has 1 atom stereocenters. The summed E-state index contributed by atoms with van der Waals surface area (Å²) in [5, 5.41) is 2.30. The highest BCUT2D eigenvalue weighted by Gasteiger charge is 2.38. The topological polar surface area (TPSA) is 119 Å². The van der Waals surface area contributed by atoms with Crippen molar-refractivity contribution in [2.75, 3.05) is 26.1 Å². The van der Waals surface area contributed by atoms with Crippen LogP contribution in [0.5, 0.6) is 0 Å². The third-order valence-electron chi connectivity index (χ3n) is 5.66. The van der Waals surface area contributed by atoms with Crippen molar-refractivity contribution in [2.45, 2.75) is 57.5 Å². The molecule has 2 heterocycles. The minimum Gasteiger partial charge on any atom is -0.369 e. The van der Waals surface area contributed by atoms with Crippen molar-refractivity contribution in [3.8, 4) is 11.8 Å². The molecule has 0 aliphatic carbocycles. The van der Waals surface area contributed by atoms with Gasteiger partial charge in [-0.15, -0.1) is 0 Å². The van der Waals surface area contributed by atoms with Gasteiger partial charge in [0.1, 0.15) is 12.6 Å². The lowest BCUT2D eigenvalue weighted by molar-refractivity contribution is -0.136. The summed E-state index contributed by atoms with van der Waals surface area (Å²) in [6.07, 6.45) is 6.15. The van der Waals surface area contributed by atoms with Crippen LogP contribution in [0, 0.1) is 11.8 Å². The molecule has 0 spiro atoms. The van der Waals surface area contributed by atoms with E-state index < -0.39 is 22.1 Å². The van der Waals surface area contributed by atoms with Crippen LogP contribution in [0.1, 0.15) is 66.4 Å². The third kappa shape index (κ3) is 7.65. The van der Waals surface area contributed by atoms with Gasteiger partial charge >= 0.3 is 0 Å². The van der Waals surface area contributed by atoms with E-state index in [9.17, 15) is 22.8 Å². The van der Waals surface area contributed by atoms with Crippen LogP contribution in [0.15, 0.2) is 18.2 Å². The van der Waals surface area contributed by atoms with E-state index in [-0.39, 0.29) is 24.8 Å². The van der Waals surface area contributed by atoms with E-state index in [1.54, 1.807) is 12.1 Å². The molecule has 0 aromatic heterocycles. The first-order chi connectivity index (χ1) is 16.2. The van der Waals surface area contributed by atoms with Gasteiger partial charge in [-0.1, -0.05) is 31.1 Å². The second-order valence-corrected chi connectivity index (χ2v) is 10.1. The normalized spacial score (nSPS) is 17.9. The number of imide groups is 1. The average Bonchev–Trinajstić information content (AvgIpc) is 3.09. The van der Waals surface area contributed by atoms with Crippen molar-refractivity contribution in [3.05, 3.63) is 34.9 Å². The van der Waals surface area contributed by atoms with Crippen LogP contribution in [0.4, 0.5) is 0 Å². The Morgan fingerprint density at radius 3 is 2.56 bits per heavy atom. The van der Waals surface area contributed by atoms with Crippen LogP contribution in [0.3, 0.4) is 0 Å². The molecule has 2 aliphatic rings. The maximum Gasteiger partial charge on any atom is 0.264 e. The molecule has 2 aliphatic heterocycles. The van der Waals surface area contributed by atoms with Gasteiger partial charge in [0.25, 0.3) is 16.0 Å². The number of nitrogens with zero attached hydrogens (tertiary/aromatic N) is 1. The summed E-state index contributed by atoms with van der Waals surface area (Å²) in [7, 11) is -3.35. The molecule has 1 saturated heterocycles. The van der Waals surface area contributed by atoms with Gasteiger partial charge in [0.2, 0.25) is 11.8 Å². The standard InChI is InChI=1S/C24H30N2O7S/c1-34(30,31)33-15-6-4-2-3-5-13-32-14-7-8-18-9-10-20-19(16-18)17-26(24(20)29)21-11-12-22(27)25-23(21)28/h9-10,16,21H,2-6,11-15,17H2,1H3,(H,25,27,28). The predicted octanol–water partition coefficient (Wildman–Crippen LogP) is 1.74. The lowest BCUT2D eigenvalue weighted by Crippen LogP contribution is -2.52. The predicted molar refractivity (Wildman–Crippen MR) is 124 cm³/mol. The summed E-state index contributed by atoms with van der Waals surface area (Å²) in [6, 6.07) is 4.75. The van der Waals surface area contributed by atoms with Crippen LogP contribution < -0.4 is 5.32 Å². The number of piperidine rings is 1. The molecule has 9 nitrogen and oxygen atoms in total. The number of amides is 3. The maximum absolute atomic E-state index is 12.7. The van der Waals surface area contributed by atoms with Gasteiger partial charge in [0.15, 0.2) is 0 Å². The van der Waals surface area contributed by atoms with Crippen LogP contribution in [-0.4, -0.2) is 63.2 Å². The first kappa shape index (κ1) is 25.9. The monoisotopic (exact) mass is 490 g/mol. The lowest BCUT2D eigenvalue weighted by Gasteiger charge is -2.29. The first-order valence-electron chi connectivity index (χ1n) is 11.4. The van der Waals surface area contributed by atoms with Crippen LogP contribution in [0.25, 0.3) is 0 Å². The molecular weight excluding hydrogens is 460 g/mol. The number of nitrogens with one attached hydrogen (secondary N) is 1. The zero-order valence-corrected chi connectivity index (χ0v) is 20.1. The van der Waals surface area contributed by atoms with E-state index in [0.29, 0.717) is 31.7 Å². The lowest BCUT2D eigenvalue weighted by atomic mass is 10.0. The highest BCUT2D eigenvalue weighted by molar-refractivity contribution is 7.85. The Hall–Kier alpha value is -2.74. The Morgan fingerprint density at radius 1 is 1.09 bits per heavy atom. The highest BCUT2D eigenvalue weighted by atomic mass is 32.2. The van der Waals surface area contributed by atoms with E-state index in [1.807, 2.05) is 6.07 Å². The fourth-order valence-corrected chi connectivity index (χ4v) is 4.38. The second-order valence-electron chi connectivity index (χ2n) is 8.42. The fraction of sp³-hybridized carbons (Fsp3) is 0.542. The molecular formula is C24H30N2O7S. The molecule has 1 aromatic carbocycles. The number of benzene rings is 1. The van der Waals surface area contributed by atoms with Crippen molar-refractivity contribution in [1.82, 2.24) is 10.2 Å². The van der Waals surface area contributed by atoms with Gasteiger partial charge in [0.05, 0.1) is 12.9 Å². The summed E-state index contributed by atoms with van der Waals surface area (Å²) in [6.45, 7) is 1.47. The molecule has 10 heteroatoms. The van der Waals surface area contributed by atoms with Gasteiger partial charge in [-0.2, -0.15) is 8.42 Å². The summed E-state index contributed by atoms with van der Waals surface area (Å²) in [4.78, 5) is 37.7. The molecule has 184 valence electrons. The number of rotatable bonds is 11. The second kappa shape index (κ2) is 12.1. The van der Waals surface area contributed by atoms with Crippen LogP contribution >= 0.6 is 0 Å². The Morgan fingerprint density at radius 2 is 1.82 bits per heavy atom. The molecule has 34 heavy (non-hydrogen) atoms. The molecule has 3 rings (SSSR count). The summed E-state index contributed by atoms with van der Waals surface area (Å²) in [5.74, 6) is 5.10. The van der Waals surface area contributed by atoms with Crippen molar-refractivity contribution >= 4 is 27.8 Å². The number of carbonyl (C=O) groups excluding carboxylic acids is 3. The van der Waals surface area contributed by atoms with Gasteiger partial charge < -0.3 is 9.64 Å². The van der Waals surface area contributed by atoms with Gasteiger partial charge in [-0.3, -0.25) is 23.9 Å². The van der Waals surface area contributed by atoms with E-state index in [4.69, 9.17) is 8.92 Å². The number of carbonyl (C=O) groups is 3. The number of ether oxygens (including phenoxy) is 1. The van der Waals surface area contributed by atoms with E-state index in [1.165, 1.54) is 4.90 Å². The minimum atomic E-state index is -3.35. The largest absolute Gasteiger partial charge is 0.369 e. The molecule has 0 bridgehead atoms. The van der Waals surface area contributed by atoms with Gasteiger partial charge in [-0.05, 0) is 43.0 Å². The number of hydrogen-bond donors (Lipinski definition) is 1. The molecule has 0 saturated carbocycles. The van der Waals surface area contributed by atoms with E-state index >= 15 is 0 Å². The zero-order valence-electron chi connectivity index (χ0n) is 19.3. The van der Waals surface area contributed by atoms with Crippen molar-refractivity contribution in [1.29, 1.82) is 0 Å². The Bertz CT molecular complexity index is 1090. The Kier molecular flexibility index (Phi) is 9.21. The van der Waals surface area contributed by atoms with Crippen LogP contribution in [-0.2, 0) is 35.2 Å². The van der Waals surface area contributed by atoms with Crippen molar-refractivity contribution < 1.29 is 31.7 Å². The number of unbranched alkanes of at least 4 members (excludes halogenated alkanes) is 4. The Balaban J connectivity index is 1.35. The molecule has 3 amide bonds. The summed E-state index contributed by atoms with van der Waals surface area (Å²) < 4.78 is 31.9. The summed E-state index contributed by atoms with van der Waals surface area (Å²) in [5.41, 5.74) is 2.16. The number of fused-ring (bicyclic) bond motifs is 1. The molecule has 0 radical (unpaired) electrons. The minimum absolute atomic E-state index is 0.199. The van der Waals surface area contributed by atoms with E-state index in [2.05, 4.69) is 17.2 Å². The van der Waals surface area contributed by atoms with Gasteiger partial charge in [0, 0.05) is 30.7 Å². The highest BCUT2D eigenvalue weighted by Crippen LogP contribution is 2.28. The summed E-state index contributed by atoms with van der Waals surface area (Å²) >= 11 is 0. The van der Waals surface area contributed by atoms with Crippen LogP contribution in [0.2, 0.25) is 0 Å². The third-order valence-corrected chi connectivity index (χ3v) is 6.26. The first-order valence-corrected chi connectivity index (χ1v) is 13.2. The fourth-order valence-electron chi connectivity index (χ4n) is 3.96. The smallest absolute Gasteiger partial charge is 0.264 e. The average molecular weight is 491 g/mol. The van der Waals surface area contributed by atoms with Gasteiger partial charge in [-0.25, -0.2) is 0 Å². The molecule has 1 aromatic rings. The SMILES string of the molecule is CS(=O)(=O)OCCCCCCCOCC#Cc1ccc2c(c1)CN(C1CCC(=O)NC1=O)C2=O. The van der Waals surface area contributed by atoms with Crippen molar-refractivity contribution in [3.63, 3.8) is 0 Å². The molecule has 1 fully saturated rings. The Labute approximate surface area is 200 Å². The van der Waals surface area contributed by atoms with E-state index in [0.717, 1.165) is 49.5 Å².